The predicted octanol–water partition coefficient (Wildman–Crippen LogP) is 6.05. The second-order valence-corrected chi connectivity index (χ2v) is 6.53. The molecule has 0 aliphatic carbocycles. The zero-order valence-electron chi connectivity index (χ0n) is 11.1. The molecule has 0 bridgehead atoms. The van der Waals surface area contributed by atoms with Gasteiger partial charge in [-0.05, 0) is 62.5 Å². The normalized spacial score (nSPS) is 12.1. The van der Waals surface area contributed by atoms with Gasteiger partial charge in [0.1, 0.15) is 5.75 Å². The van der Waals surface area contributed by atoms with Gasteiger partial charge in [-0.3, -0.25) is 0 Å². The van der Waals surface area contributed by atoms with E-state index in [-0.39, 0.29) is 6.04 Å². The van der Waals surface area contributed by atoms with Crippen molar-refractivity contribution in [3.05, 3.63) is 55.9 Å². The van der Waals surface area contributed by atoms with E-state index < -0.39 is 0 Å². The van der Waals surface area contributed by atoms with Crippen molar-refractivity contribution in [2.24, 2.45) is 0 Å². The van der Waals surface area contributed by atoms with E-state index in [0.717, 1.165) is 31.0 Å². The van der Waals surface area contributed by atoms with E-state index in [1.54, 1.807) is 7.11 Å². The van der Waals surface area contributed by atoms with E-state index in [9.17, 15) is 0 Å². The Morgan fingerprint density at radius 2 is 1.90 bits per heavy atom. The number of halogens is 3. The summed E-state index contributed by atoms with van der Waals surface area (Å²) in [5.41, 5.74) is 2.10. The second kappa shape index (κ2) is 6.83. The number of benzene rings is 2. The summed E-state index contributed by atoms with van der Waals surface area (Å²) in [6, 6.07) is 11.9. The molecule has 1 N–H and O–H groups in total. The van der Waals surface area contributed by atoms with E-state index in [2.05, 4.69) is 44.1 Å². The number of hydrogen-bond donors (Lipinski definition) is 1. The van der Waals surface area contributed by atoms with Crippen LogP contribution >= 0.6 is 43.5 Å². The maximum Gasteiger partial charge on any atom is 0.135 e. The molecule has 2 rings (SSSR count). The number of methoxy groups -OCH3 is 1. The van der Waals surface area contributed by atoms with Crippen molar-refractivity contribution in [2.45, 2.75) is 13.0 Å². The molecule has 0 saturated carbocycles. The highest BCUT2D eigenvalue weighted by Gasteiger charge is 2.11. The highest BCUT2D eigenvalue weighted by molar-refractivity contribution is 9.11. The predicted molar refractivity (Wildman–Crippen MR) is 91.9 cm³/mol. The molecular formula is C15H14Br2ClNO. The average Bonchev–Trinajstić information content (AvgIpc) is 2.41. The van der Waals surface area contributed by atoms with Crippen LogP contribution in [-0.4, -0.2) is 7.11 Å². The number of ether oxygens (including phenoxy) is 1. The van der Waals surface area contributed by atoms with Crippen LogP contribution in [0.25, 0.3) is 0 Å². The van der Waals surface area contributed by atoms with Crippen molar-refractivity contribution in [3.63, 3.8) is 0 Å². The Hall–Kier alpha value is -0.710. The van der Waals surface area contributed by atoms with Crippen molar-refractivity contribution in [1.29, 1.82) is 0 Å². The molecule has 1 unspecified atom stereocenters. The molecule has 5 heteroatoms. The number of anilines is 1. The van der Waals surface area contributed by atoms with Crippen molar-refractivity contribution >= 4 is 49.1 Å². The minimum atomic E-state index is 0.135. The van der Waals surface area contributed by atoms with Gasteiger partial charge in [-0.25, -0.2) is 0 Å². The highest BCUT2D eigenvalue weighted by Crippen LogP contribution is 2.36. The summed E-state index contributed by atoms with van der Waals surface area (Å²) in [5.74, 6) is 0.786. The van der Waals surface area contributed by atoms with Gasteiger partial charge < -0.3 is 10.1 Å². The van der Waals surface area contributed by atoms with Gasteiger partial charge in [0.15, 0.2) is 0 Å². The minimum absolute atomic E-state index is 0.135. The molecule has 1 atom stereocenters. The third-order valence-electron chi connectivity index (χ3n) is 2.96. The molecule has 0 heterocycles. The van der Waals surface area contributed by atoms with Crippen LogP contribution in [0.3, 0.4) is 0 Å². The SMILES string of the molecule is COc1cc(NC(C)c2cccc(Cl)c2)c(Br)cc1Br. The Balaban J connectivity index is 2.25. The van der Waals surface area contributed by atoms with Gasteiger partial charge in [0.25, 0.3) is 0 Å². The van der Waals surface area contributed by atoms with Crippen LogP contribution in [0.4, 0.5) is 5.69 Å². The van der Waals surface area contributed by atoms with Crippen LogP contribution < -0.4 is 10.1 Å². The Bertz CT molecular complexity index is 619. The Labute approximate surface area is 140 Å². The molecule has 0 fully saturated rings. The fourth-order valence-electron chi connectivity index (χ4n) is 1.89. The fourth-order valence-corrected chi connectivity index (χ4v) is 3.36. The summed E-state index contributed by atoms with van der Waals surface area (Å²) in [6.07, 6.45) is 0. The molecule has 0 aliphatic rings. The quantitative estimate of drug-likeness (QED) is 0.652. The molecule has 2 nitrogen and oxygen atoms in total. The molecule has 20 heavy (non-hydrogen) atoms. The van der Waals surface area contributed by atoms with Crippen LogP contribution in [0.2, 0.25) is 5.02 Å². The van der Waals surface area contributed by atoms with Crippen molar-refractivity contribution in [2.75, 3.05) is 12.4 Å². The Morgan fingerprint density at radius 1 is 1.15 bits per heavy atom. The Morgan fingerprint density at radius 3 is 2.55 bits per heavy atom. The van der Waals surface area contributed by atoms with E-state index in [1.807, 2.05) is 36.4 Å². The smallest absolute Gasteiger partial charge is 0.135 e. The molecule has 2 aromatic rings. The molecular weight excluding hydrogens is 405 g/mol. The van der Waals surface area contributed by atoms with E-state index in [4.69, 9.17) is 16.3 Å². The summed E-state index contributed by atoms with van der Waals surface area (Å²) in [6.45, 7) is 2.09. The summed E-state index contributed by atoms with van der Waals surface area (Å²) in [5, 5.41) is 4.19. The highest BCUT2D eigenvalue weighted by atomic mass is 79.9. The first-order valence-corrected chi connectivity index (χ1v) is 8.02. The van der Waals surface area contributed by atoms with Gasteiger partial charge in [-0.1, -0.05) is 23.7 Å². The molecule has 0 amide bonds. The lowest BCUT2D eigenvalue weighted by atomic mass is 10.1. The molecule has 0 aliphatic heterocycles. The first kappa shape index (κ1) is 15.7. The molecule has 2 aromatic carbocycles. The topological polar surface area (TPSA) is 21.3 Å². The molecule has 0 aromatic heterocycles. The van der Waals surface area contributed by atoms with Crippen LogP contribution in [0, 0.1) is 0 Å². The molecule has 0 radical (unpaired) electrons. The fraction of sp³-hybridized carbons (Fsp3) is 0.200. The van der Waals surface area contributed by atoms with Gasteiger partial charge in [-0.15, -0.1) is 0 Å². The molecule has 0 saturated heterocycles. The van der Waals surface area contributed by atoms with Crippen LogP contribution in [0.15, 0.2) is 45.3 Å². The maximum atomic E-state index is 6.03. The third kappa shape index (κ3) is 3.68. The van der Waals surface area contributed by atoms with Gasteiger partial charge in [0, 0.05) is 21.6 Å². The number of rotatable bonds is 4. The number of hydrogen-bond acceptors (Lipinski definition) is 2. The van der Waals surface area contributed by atoms with Crippen LogP contribution in [0.1, 0.15) is 18.5 Å². The molecule has 106 valence electrons. The Kier molecular flexibility index (Phi) is 5.35. The molecule has 0 spiro atoms. The van der Waals surface area contributed by atoms with E-state index in [0.29, 0.717) is 0 Å². The minimum Gasteiger partial charge on any atom is -0.495 e. The first-order valence-electron chi connectivity index (χ1n) is 6.06. The van der Waals surface area contributed by atoms with Gasteiger partial charge in [0.05, 0.1) is 17.3 Å². The van der Waals surface area contributed by atoms with Gasteiger partial charge >= 0.3 is 0 Å². The van der Waals surface area contributed by atoms with E-state index >= 15 is 0 Å². The summed E-state index contributed by atoms with van der Waals surface area (Å²) in [7, 11) is 1.65. The van der Waals surface area contributed by atoms with Crippen LogP contribution in [-0.2, 0) is 0 Å². The maximum absolute atomic E-state index is 6.03. The standard InChI is InChI=1S/C15H14Br2ClNO/c1-9(10-4-3-5-11(18)6-10)19-14-8-15(20-2)13(17)7-12(14)16/h3-9,19H,1-2H3. The zero-order valence-corrected chi connectivity index (χ0v) is 15.0. The lowest BCUT2D eigenvalue weighted by molar-refractivity contribution is 0.412. The largest absolute Gasteiger partial charge is 0.495 e. The lowest BCUT2D eigenvalue weighted by Crippen LogP contribution is -2.07. The third-order valence-corrected chi connectivity index (χ3v) is 4.47. The summed E-state index contributed by atoms with van der Waals surface area (Å²) < 4.78 is 7.20. The first-order chi connectivity index (χ1) is 9.51. The van der Waals surface area contributed by atoms with Crippen molar-refractivity contribution < 1.29 is 4.74 Å². The average molecular weight is 420 g/mol. The van der Waals surface area contributed by atoms with Gasteiger partial charge in [-0.2, -0.15) is 0 Å². The van der Waals surface area contributed by atoms with Crippen molar-refractivity contribution in [3.8, 4) is 5.75 Å². The summed E-state index contributed by atoms with van der Waals surface area (Å²) >= 11 is 13.0. The van der Waals surface area contributed by atoms with Gasteiger partial charge in [0.2, 0.25) is 0 Å². The van der Waals surface area contributed by atoms with E-state index in [1.165, 1.54) is 0 Å². The monoisotopic (exact) mass is 417 g/mol. The van der Waals surface area contributed by atoms with Crippen molar-refractivity contribution in [1.82, 2.24) is 0 Å². The zero-order chi connectivity index (χ0) is 14.7. The second-order valence-electron chi connectivity index (χ2n) is 4.39. The van der Waals surface area contributed by atoms with Crippen LogP contribution in [0.5, 0.6) is 5.75 Å². The lowest BCUT2D eigenvalue weighted by Gasteiger charge is -2.18. The summed E-state index contributed by atoms with van der Waals surface area (Å²) in [4.78, 5) is 0. The number of nitrogens with one attached hydrogen (secondary N) is 1.